The zero-order valence-electron chi connectivity index (χ0n) is 15.2. The molecule has 0 saturated carbocycles. The van der Waals surface area contributed by atoms with Gasteiger partial charge in [-0.3, -0.25) is 4.79 Å². The van der Waals surface area contributed by atoms with Gasteiger partial charge < -0.3 is 19.5 Å². The van der Waals surface area contributed by atoms with Crippen molar-refractivity contribution in [3.05, 3.63) is 88.4 Å². The summed E-state index contributed by atoms with van der Waals surface area (Å²) in [5.41, 5.74) is 3.79. The van der Waals surface area contributed by atoms with Crippen LogP contribution in [0.15, 0.2) is 76.1 Å². The number of benzene rings is 2. The Bertz CT molecular complexity index is 1100. The second-order valence-corrected chi connectivity index (χ2v) is 7.25. The largest absolute Gasteiger partial charge is 0.497 e. The van der Waals surface area contributed by atoms with Crippen LogP contribution in [0.2, 0.25) is 0 Å². The molecule has 4 rings (SSSR count). The summed E-state index contributed by atoms with van der Waals surface area (Å²) in [7, 11) is 1.65. The van der Waals surface area contributed by atoms with Crippen LogP contribution in [0.3, 0.4) is 0 Å². The number of ether oxygens (including phenoxy) is 1. The molecule has 4 aromatic rings. The molecule has 0 fully saturated rings. The predicted molar refractivity (Wildman–Crippen MR) is 112 cm³/mol. The highest BCUT2D eigenvalue weighted by atomic mass is 79.9. The summed E-state index contributed by atoms with van der Waals surface area (Å²) >= 11 is 3.23. The number of aromatic amines is 1. The van der Waals surface area contributed by atoms with Gasteiger partial charge in [-0.2, -0.15) is 0 Å². The van der Waals surface area contributed by atoms with Gasteiger partial charge in [0, 0.05) is 35.6 Å². The minimum atomic E-state index is -0.173. The van der Waals surface area contributed by atoms with Crippen molar-refractivity contribution in [2.75, 3.05) is 13.7 Å². The topological polar surface area (TPSA) is 67.3 Å². The van der Waals surface area contributed by atoms with Gasteiger partial charge in [0.05, 0.1) is 12.7 Å². The highest BCUT2D eigenvalue weighted by Crippen LogP contribution is 2.31. The summed E-state index contributed by atoms with van der Waals surface area (Å²) in [4.78, 5) is 15.8. The van der Waals surface area contributed by atoms with E-state index in [1.54, 1.807) is 13.2 Å². The average Bonchev–Trinajstić information content (AvgIpc) is 3.35. The number of amides is 1. The van der Waals surface area contributed by atoms with Gasteiger partial charge in [-0.05, 0) is 45.3 Å². The van der Waals surface area contributed by atoms with Crippen LogP contribution in [0.4, 0.5) is 0 Å². The van der Waals surface area contributed by atoms with Gasteiger partial charge in [0.2, 0.25) is 0 Å². The molecule has 6 heteroatoms. The number of nitrogens with one attached hydrogen (secondary N) is 2. The van der Waals surface area contributed by atoms with Crippen LogP contribution in [0.1, 0.15) is 27.4 Å². The maximum atomic E-state index is 12.5. The number of methoxy groups -OCH3 is 1. The van der Waals surface area contributed by atoms with Gasteiger partial charge in [-0.1, -0.05) is 30.3 Å². The molecule has 5 nitrogen and oxygen atoms in total. The molecule has 1 atom stereocenters. The maximum absolute atomic E-state index is 12.5. The highest BCUT2D eigenvalue weighted by molar-refractivity contribution is 9.10. The number of para-hydroxylation sites is 1. The second kappa shape index (κ2) is 7.94. The standard InChI is InChI=1S/C22H19BrN2O3/c1-27-16-8-6-14(7-9-16)18(11-25-22(26)15-10-21(23)28-13-15)19-12-24-20-5-3-2-4-17(19)20/h2-10,12-13,18,24H,11H2,1H3,(H,25,26). The summed E-state index contributed by atoms with van der Waals surface area (Å²) < 4.78 is 11.0. The van der Waals surface area contributed by atoms with Crippen molar-refractivity contribution >= 4 is 32.7 Å². The van der Waals surface area contributed by atoms with Crippen LogP contribution in [0.25, 0.3) is 10.9 Å². The first kappa shape index (κ1) is 18.4. The van der Waals surface area contributed by atoms with Crippen LogP contribution in [0, 0.1) is 0 Å². The third-order valence-electron chi connectivity index (χ3n) is 4.81. The van der Waals surface area contributed by atoms with Crippen molar-refractivity contribution in [3.8, 4) is 5.75 Å². The number of H-pyrrole nitrogens is 1. The van der Waals surface area contributed by atoms with Crippen LogP contribution >= 0.6 is 15.9 Å². The minimum absolute atomic E-state index is 0.0126. The molecular weight excluding hydrogens is 420 g/mol. The summed E-state index contributed by atoms with van der Waals surface area (Å²) in [6.45, 7) is 0.454. The van der Waals surface area contributed by atoms with Gasteiger partial charge in [0.1, 0.15) is 12.0 Å². The van der Waals surface area contributed by atoms with E-state index in [1.807, 2.05) is 48.7 Å². The molecule has 0 saturated heterocycles. The highest BCUT2D eigenvalue weighted by Gasteiger charge is 2.20. The van der Waals surface area contributed by atoms with E-state index < -0.39 is 0 Å². The summed E-state index contributed by atoms with van der Waals surface area (Å²) in [6.07, 6.45) is 3.45. The van der Waals surface area contributed by atoms with E-state index in [1.165, 1.54) is 6.26 Å². The molecule has 0 aliphatic rings. The van der Waals surface area contributed by atoms with Crippen molar-refractivity contribution in [2.45, 2.75) is 5.92 Å². The van der Waals surface area contributed by atoms with Crippen molar-refractivity contribution in [1.29, 1.82) is 0 Å². The fraction of sp³-hybridized carbons (Fsp3) is 0.136. The van der Waals surface area contributed by atoms with Crippen LogP contribution in [0.5, 0.6) is 5.75 Å². The lowest BCUT2D eigenvalue weighted by atomic mass is 9.90. The van der Waals surface area contributed by atoms with Crippen molar-refractivity contribution in [3.63, 3.8) is 0 Å². The predicted octanol–water partition coefficient (Wildman–Crippen LogP) is 5.09. The smallest absolute Gasteiger partial charge is 0.254 e. The quantitative estimate of drug-likeness (QED) is 0.440. The molecule has 1 unspecified atom stereocenters. The maximum Gasteiger partial charge on any atom is 0.254 e. The second-order valence-electron chi connectivity index (χ2n) is 6.46. The van der Waals surface area contributed by atoms with E-state index in [0.29, 0.717) is 16.8 Å². The molecule has 0 spiro atoms. The third-order valence-corrected chi connectivity index (χ3v) is 5.23. The number of rotatable bonds is 6. The molecule has 0 radical (unpaired) electrons. The number of carbonyl (C=O) groups is 1. The molecule has 28 heavy (non-hydrogen) atoms. The van der Waals surface area contributed by atoms with E-state index in [4.69, 9.17) is 9.15 Å². The zero-order chi connectivity index (χ0) is 19.5. The van der Waals surface area contributed by atoms with E-state index in [9.17, 15) is 4.79 Å². The first-order chi connectivity index (χ1) is 13.7. The molecule has 2 aromatic heterocycles. The molecule has 2 aromatic carbocycles. The number of aromatic nitrogens is 1. The van der Waals surface area contributed by atoms with Crippen LogP contribution in [-0.4, -0.2) is 24.5 Å². The van der Waals surface area contributed by atoms with Crippen molar-refractivity contribution in [1.82, 2.24) is 10.3 Å². The van der Waals surface area contributed by atoms with Crippen LogP contribution in [-0.2, 0) is 0 Å². The Hall–Kier alpha value is -2.99. The third kappa shape index (κ3) is 3.68. The number of carbonyl (C=O) groups excluding carboxylic acids is 1. The molecule has 0 aliphatic heterocycles. The fourth-order valence-electron chi connectivity index (χ4n) is 3.35. The number of halogens is 1. The molecule has 2 N–H and O–H groups in total. The summed E-state index contributed by atoms with van der Waals surface area (Å²) in [6, 6.07) is 17.8. The molecule has 1 amide bonds. The van der Waals surface area contributed by atoms with Crippen LogP contribution < -0.4 is 10.1 Å². The summed E-state index contributed by atoms with van der Waals surface area (Å²) in [5, 5.41) is 4.17. The number of hydrogen-bond acceptors (Lipinski definition) is 3. The summed E-state index contributed by atoms with van der Waals surface area (Å²) in [5.74, 6) is 0.614. The average molecular weight is 439 g/mol. The Balaban J connectivity index is 1.65. The van der Waals surface area contributed by atoms with Crippen molar-refractivity contribution in [2.24, 2.45) is 0 Å². The van der Waals surface area contributed by atoms with E-state index in [2.05, 4.69) is 32.3 Å². The number of fused-ring (bicyclic) bond motifs is 1. The monoisotopic (exact) mass is 438 g/mol. The molecule has 142 valence electrons. The minimum Gasteiger partial charge on any atom is -0.497 e. The Labute approximate surface area is 170 Å². The van der Waals surface area contributed by atoms with E-state index in [0.717, 1.165) is 27.8 Å². The Kier molecular flexibility index (Phi) is 5.21. The van der Waals surface area contributed by atoms with Gasteiger partial charge in [-0.15, -0.1) is 0 Å². The van der Waals surface area contributed by atoms with Gasteiger partial charge in [0.15, 0.2) is 4.67 Å². The number of furan rings is 1. The Morgan fingerprint density at radius 3 is 2.71 bits per heavy atom. The number of hydrogen-bond donors (Lipinski definition) is 2. The molecule has 0 aliphatic carbocycles. The normalized spacial score (nSPS) is 12.1. The SMILES string of the molecule is COc1ccc(C(CNC(=O)c2coc(Br)c2)c2c[nH]c3ccccc23)cc1. The Morgan fingerprint density at radius 2 is 2.00 bits per heavy atom. The fourth-order valence-corrected chi connectivity index (χ4v) is 3.69. The lowest BCUT2D eigenvalue weighted by Crippen LogP contribution is -2.28. The molecule has 0 bridgehead atoms. The van der Waals surface area contributed by atoms with Gasteiger partial charge in [0.25, 0.3) is 5.91 Å². The zero-order valence-corrected chi connectivity index (χ0v) is 16.8. The lowest BCUT2D eigenvalue weighted by Gasteiger charge is -2.18. The first-order valence-corrected chi connectivity index (χ1v) is 9.67. The van der Waals surface area contributed by atoms with Gasteiger partial charge >= 0.3 is 0 Å². The molecule has 2 heterocycles. The van der Waals surface area contributed by atoms with E-state index >= 15 is 0 Å². The van der Waals surface area contributed by atoms with Crippen molar-refractivity contribution < 1.29 is 13.9 Å². The van der Waals surface area contributed by atoms with Gasteiger partial charge in [-0.25, -0.2) is 0 Å². The molecular formula is C22H19BrN2O3. The lowest BCUT2D eigenvalue weighted by molar-refractivity contribution is 0.0952. The Morgan fingerprint density at radius 1 is 1.21 bits per heavy atom. The first-order valence-electron chi connectivity index (χ1n) is 8.88. The van der Waals surface area contributed by atoms with E-state index in [-0.39, 0.29) is 11.8 Å².